The van der Waals surface area contributed by atoms with Gasteiger partial charge >= 0.3 is 0 Å². The van der Waals surface area contributed by atoms with Crippen LogP contribution in [0.3, 0.4) is 0 Å². The molecule has 8 heteroatoms. The number of aromatic amines is 1. The van der Waals surface area contributed by atoms with Crippen molar-refractivity contribution in [3.8, 4) is 16.9 Å². The second-order valence-corrected chi connectivity index (χ2v) is 7.05. The number of aryl methyl sites for hydroxylation is 2. The van der Waals surface area contributed by atoms with Crippen LogP contribution in [-0.4, -0.2) is 32.9 Å². The molecule has 1 aromatic carbocycles. The molecule has 0 fully saturated rings. The lowest BCUT2D eigenvalue weighted by Gasteiger charge is -2.11. The molecular formula is C21H22N6O2. The van der Waals surface area contributed by atoms with Crippen molar-refractivity contribution < 1.29 is 9.26 Å². The minimum Gasteiger partial charge on any atom is -0.496 e. The van der Waals surface area contributed by atoms with E-state index in [1.807, 2.05) is 26.0 Å². The van der Waals surface area contributed by atoms with E-state index in [2.05, 4.69) is 20.1 Å². The number of nitrogens with two attached hydrogens (primary N) is 1. The van der Waals surface area contributed by atoms with Gasteiger partial charge in [-0.25, -0.2) is 9.97 Å². The first-order valence-corrected chi connectivity index (χ1v) is 9.13. The van der Waals surface area contributed by atoms with Gasteiger partial charge in [-0.2, -0.15) is 0 Å². The lowest BCUT2D eigenvalue weighted by atomic mass is 9.98. The van der Waals surface area contributed by atoms with E-state index in [1.165, 1.54) is 6.33 Å². The lowest BCUT2D eigenvalue weighted by molar-refractivity contribution is 0.393. The SMILES string of the molecule is COc1cc2c(cc1-c1c(C)noc1C)[nH]c1ncnc(/C(C(C)=N)=C(\C)N)c12. The molecule has 4 N–H and O–H groups in total. The number of aromatic nitrogens is 4. The van der Waals surface area contributed by atoms with Crippen LogP contribution in [0.15, 0.2) is 28.7 Å². The zero-order valence-electron chi connectivity index (χ0n) is 17.0. The number of rotatable bonds is 4. The molecular weight excluding hydrogens is 368 g/mol. The highest BCUT2D eigenvalue weighted by atomic mass is 16.5. The van der Waals surface area contributed by atoms with Crippen molar-refractivity contribution in [2.75, 3.05) is 7.11 Å². The first kappa shape index (κ1) is 18.7. The van der Waals surface area contributed by atoms with Crippen molar-refractivity contribution in [2.45, 2.75) is 27.7 Å². The molecule has 0 saturated heterocycles. The molecule has 0 aliphatic rings. The summed E-state index contributed by atoms with van der Waals surface area (Å²) in [6, 6.07) is 3.95. The normalized spacial score (nSPS) is 12.4. The van der Waals surface area contributed by atoms with Crippen LogP contribution in [0.4, 0.5) is 0 Å². The van der Waals surface area contributed by atoms with Gasteiger partial charge in [0.25, 0.3) is 0 Å². The summed E-state index contributed by atoms with van der Waals surface area (Å²) in [5.74, 6) is 1.41. The van der Waals surface area contributed by atoms with Crippen LogP contribution in [0.1, 0.15) is 31.0 Å². The van der Waals surface area contributed by atoms with Gasteiger partial charge in [0, 0.05) is 33.4 Å². The Kier molecular flexibility index (Phi) is 4.34. The number of nitrogens with zero attached hydrogens (tertiary/aromatic N) is 3. The van der Waals surface area contributed by atoms with Crippen molar-refractivity contribution in [1.29, 1.82) is 5.41 Å². The van der Waals surface area contributed by atoms with Crippen molar-refractivity contribution in [3.63, 3.8) is 0 Å². The van der Waals surface area contributed by atoms with Crippen LogP contribution < -0.4 is 10.5 Å². The number of allylic oxidation sites excluding steroid dienone is 2. The van der Waals surface area contributed by atoms with Gasteiger partial charge in [-0.05, 0) is 39.8 Å². The van der Waals surface area contributed by atoms with Gasteiger partial charge in [0.1, 0.15) is 23.5 Å². The fourth-order valence-corrected chi connectivity index (χ4v) is 3.83. The minimum atomic E-state index is 0.346. The monoisotopic (exact) mass is 390 g/mol. The zero-order valence-corrected chi connectivity index (χ0v) is 17.0. The average molecular weight is 390 g/mol. The predicted octanol–water partition coefficient (Wildman–Crippen LogP) is 4.12. The molecule has 0 saturated carbocycles. The Balaban J connectivity index is 2.10. The number of methoxy groups -OCH3 is 1. The van der Waals surface area contributed by atoms with Gasteiger partial charge in [-0.3, -0.25) is 0 Å². The van der Waals surface area contributed by atoms with Crippen molar-refractivity contribution in [2.24, 2.45) is 5.73 Å². The third-order valence-electron chi connectivity index (χ3n) is 5.02. The van der Waals surface area contributed by atoms with Crippen LogP contribution in [0.5, 0.6) is 5.75 Å². The molecule has 8 nitrogen and oxygen atoms in total. The molecule has 0 radical (unpaired) electrons. The number of hydrogen-bond donors (Lipinski definition) is 3. The summed E-state index contributed by atoms with van der Waals surface area (Å²) in [4.78, 5) is 12.2. The maximum atomic E-state index is 8.16. The molecule has 4 aromatic rings. The fraction of sp³-hybridized carbons (Fsp3) is 0.238. The van der Waals surface area contributed by atoms with E-state index >= 15 is 0 Å². The summed E-state index contributed by atoms with van der Waals surface area (Å²) in [5, 5.41) is 13.9. The van der Waals surface area contributed by atoms with Gasteiger partial charge in [0.2, 0.25) is 0 Å². The molecule has 0 aliphatic carbocycles. The molecule has 0 spiro atoms. The lowest BCUT2D eigenvalue weighted by Crippen LogP contribution is -2.07. The highest BCUT2D eigenvalue weighted by Crippen LogP contribution is 2.40. The summed E-state index contributed by atoms with van der Waals surface area (Å²) >= 11 is 0. The molecule has 0 amide bonds. The van der Waals surface area contributed by atoms with Crippen LogP contribution in [-0.2, 0) is 0 Å². The van der Waals surface area contributed by atoms with Crippen LogP contribution in [0.2, 0.25) is 0 Å². The molecule has 0 bridgehead atoms. The second-order valence-electron chi connectivity index (χ2n) is 7.05. The van der Waals surface area contributed by atoms with Crippen LogP contribution in [0, 0.1) is 19.3 Å². The maximum Gasteiger partial charge on any atom is 0.142 e. The number of hydrogen-bond acceptors (Lipinski definition) is 7. The molecule has 0 aliphatic heterocycles. The topological polar surface area (TPSA) is 127 Å². The molecule has 148 valence electrons. The van der Waals surface area contributed by atoms with E-state index in [0.717, 1.165) is 38.9 Å². The second kappa shape index (κ2) is 6.73. The quantitative estimate of drug-likeness (QED) is 0.450. The summed E-state index contributed by atoms with van der Waals surface area (Å²) in [6.07, 6.45) is 1.48. The molecule has 0 atom stereocenters. The number of benzene rings is 1. The Bertz CT molecular complexity index is 1290. The highest BCUT2D eigenvalue weighted by Gasteiger charge is 2.21. The van der Waals surface area contributed by atoms with Crippen LogP contribution >= 0.6 is 0 Å². The zero-order chi connectivity index (χ0) is 20.9. The molecule has 29 heavy (non-hydrogen) atoms. The standard InChI is InChI=1S/C21H22N6O2/c1-9(22)17(10(2)23)20-19-13-7-16(28-5)14(18-11(3)27-29-12(18)4)6-15(13)26-21(19)25-8-24-20/h6-8,22H,23H2,1-5H3,(H,24,25,26)/b17-10+,22-9?. The molecule has 0 unspecified atom stereocenters. The summed E-state index contributed by atoms with van der Waals surface area (Å²) in [7, 11) is 1.63. The van der Waals surface area contributed by atoms with E-state index in [0.29, 0.717) is 34.1 Å². The van der Waals surface area contributed by atoms with E-state index in [-0.39, 0.29) is 0 Å². The molecule has 4 rings (SSSR count). The number of H-pyrrole nitrogens is 1. The Morgan fingerprint density at radius 3 is 2.55 bits per heavy atom. The number of ether oxygens (including phenoxy) is 1. The van der Waals surface area contributed by atoms with Gasteiger partial charge in [0.05, 0.1) is 29.4 Å². The summed E-state index contributed by atoms with van der Waals surface area (Å²) in [5.41, 5.74) is 12.3. The van der Waals surface area contributed by atoms with Crippen molar-refractivity contribution in [1.82, 2.24) is 20.1 Å². The first-order chi connectivity index (χ1) is 13.8. The largest absolute Gasteiger partial charge is 0.496 e. The van der Waals surface area contributed by atoms with Gasteiger partial charge in [-0.15, -0.1) is 0 Å². The fourth-order valence-electron chi connectivity index (χ4n) is 3.83. The summed E-state index contributed by atoms with van der Waals surface area (Å²) in [6.45, 7) is 7.25. The number of fused-ring (bicyclic) bond motifs is 3. The highest BCUT2D eigenvalue weighted by molar-refractivity contribution is 6.26. The third-order valence-corrected chi connectivity index (χ3v) is 5.02. The Morgan fingerprint density at radius 1 is 1.21 bits per heavy atom. The van der Waals surface area contributed by atoms with Crippen molar-refractivity contribution >= 4 is 33.2 Å². The van der Waals surface area contributed by atoms with Crippen LogP contribution in [0.25, 0.3) is 38.6 Å². The van der Waals surface area contributed by atoms with Crippen molar-refractivity contribution in [3.05, 3.63) is 41.3 Å². The molecule has 3 aromatic heterocycles. The van der Waals surface area contributed by atoms with E-state index in [1.54, 1.807) is 21.0 Å². The van der Waals surface area contributed by atoms with Gasteiger partial charge in [-0.1, -0.05) is 5.16 Å². The van der Waals surface area contributed by atoms with E-state index in [9.17, 15) is 0 Å². The predicted molar refractivity (Wildman–Crippen MR) is 113 cm³/mol. The van der Waals surface area contributed by atoms with E-state index in [4.69, 9.17) is 20.4 Å². The maximum absolute atomic E-state index is 8.16. The summed E-state index contributed by atoms with van der Waals surface area (Å²) < 4.78 is 11.0. The number of nitrogens with one attached hydrogen (secondary N) is 2. The van der Waals surface area contributed by atoms with E-state index < -0.39 is 0 Å². The Morgan fingerprint density at radius 2 is 1.97 bits per heavy atom. The minimum absolute atomic E-state index is 0.346. The van der Waals surface area contributed by atoms with Gasteiger partial charge in [0.15, 0.2) is 0 Å². The smallest absolute Gasteiger partial charge is 0.142 e. The molecule has 3 heterocycles. The Hall–Kier alpha value is -3.68. The van der Waals surface area contributed by atoms with Gasteiger partial charge < -0.3 is 25.4 Å². The Labute approximate surface area is 167 Å². The first-order valence-electron chi connectivity index (χ1n) is 9.13. The average Bonchev–Trinajstić information content (AvgIpc) is 3.19. The third kappa shape index (κ3) is 2.84.